The monoisotopic (exact) mass is 256 g/mol. The maximum Gasteiger partial charge on any atom is 0.239 e. The van der Waals surface area contributed by atoms with E-state index in [0.29, 0.717) is 5.92 Å². The Bertz CT molecular complexity index is 269. The first-order valence-corrected chi connectivity index (χ1v) is 7.11. The molecule has 4 nitrogen and oxygen atoms in total. The van der Waals surface area contributed by atoms with E-state index in [2.05, 4.69) is 5.32 Å². The third-order valence-electron chi connectivity index (χ3n) is 4.10. The van der Waals surface area contributed by atoms with Crippen molar-refractivity contribution in [2.24, 2.45) is 5.92 Å². The zero-order valence-electron chi connectivity index (χ0n) is 12.1. The van der Waals surface area contributed by atoms with Crippen LogP contribution < -0.4 is 5.32 Å². The Morgan fingerprint density at radius 3 is 2.50 bits per heavy atom. The standard InChI is InChI=1S/C14H28N2O2/c1-10(2)16(4)14(18)11(3)15-13-8-6-5-7-12(13)9-17/h10-13,15,17H,5-9H2,1-4H3/t11-,12-,13-/m1/s1. The first-order chi connectivity index (χ1) is 8.47. The van der Waals surface area contributed by atoms with Crippen LogP contribution in [-0.2, 0) is 4.79 Å². The van der Waals surface area contributed by atoms with E-state index in [9.17, 15) is 9.90 Å². The number of aliphatic hydroxyl groups excluding tert-OH is 1. The van der Waals surface area contributed by atoms with E-state index in [4.69, 9.17) is 0 Å². The van der Waals surface area contributed by atoms with Crippen molar-refractivity contribution in [2.45, 2.75) is 64.6 Å². The molecule has 0 aromatic carbocycles. The van der Waals surface area contributed by atoms with Gasteiger partial charge in [0.15, 0.2) is 0 Å². The average Bonchev–Trinajstić information content (AvgIpc) is 2.37. The van der Waals surface area contributed by atoms with Crippen LogP contribution in [0, 0.1) is 5.92 Å². The lowest BCUT2D eigenvalue weighted by Crippen LogP contribution is -2.52. The highest BCUT2D eigenvalue weighted by atomic mass is 16.3. The highest BCUT2D eigenvalue weighted by Gasteiger charge is 2.28. The van der Waals surface area contributed by atoms with Crippen molar-refractivity contribution in [1.82, 2.24) is 10.2 Å². The number of carbonyl (C=O) groups excluding carboxylic acids is 1. The molecule has 1 aliphatic carbocycles. The Hall–Kier alpha value is -0.610. The van der Waals surface area contributed by atoms with E-state index in [0.717, 1.165) is 12.8 Å². The molecular weight excluding hydrogens is 228 g/mol. The number of nitrogens with zero attached hydrogens (tertiary/aromatic N) is 1. The quantitative estimate of drug-likeness (QED) is 0.781. The van der Waals surface area contributed by atoms with Crippen LogP contribution in [0.25, 0.3) is 0 Å². The lowest BCUT2D eigenvalue weighted by atomic mass is 9.84. The smallest absolute Gasteiger partial charge is 0.239 e. The number of hydrogen-bond donors (Lipinski definition) is 2. The minimum absolute atomic E-state index is 0.132. The van der Waals surface area contributed by atoms with Crippen LogP contribution in [0.3, 0.4) is 0 Å². The van der Waals surface area contributed by atoms with Crippen molar-refractivity contribution in [3.63, 3.8) is 0 Å². The minimum atomic E-state index is -0.172. The van der Waals surface area contributed by atoms with Crippen molar-refractivity contribution >= 4 is 5.91 Å². The molecule has 0 bridgehead atoms. The van der Waals surface area contributed by atoms with Gasteiger partial charge in [0.2, 0.25) is 5.91 Å². The number of rotatable bonds is 5. The summed E-state index contributed by atoms with van der Waals surface area (Å²) in [5.41, 5.74) is 0. The van der Waals surface area contributed by atoms with E-state index in [-0.39, 0.29) is 30.6 Å². The molecular formula is C14H28N2O2. The van der Waals surface area contributed by atoms with Crippen molar-refractivity contribution in [1.29, 1.82) is 0 Å². The van der Waals surface area contributed by atoms with Gasteiger partial charge in [0, 0.05) is 25.7 Å². The molecule has 0 heterocycles. The Labute approximate surface area is 111 Å². The topological polar surface area (TPSA) is 52.6 Å². The fourth-order valence-corrected chi connectivity index (χ4v) is 2.60. The molecule has 0 spiro atoms. The number of aliphatic hydroxyl groups is 1. The number of likely N-dealkylation sites (N-methyl/N-ethyl adjacent to an activating group) is 1. The van der Waals surface area contributed by atoms with Gasteiger partial charge in [-0.25, -0.2) is 0 Å². The molecule has 4 heteroatoms. The molecule has 1 aliphatic rings. The van der Waals surface area contributed by atoms with Gasteiger partial charge in [-0.3, -0.25) is 4.79 Å². The molecule has 1 saturated carbocycles. The van der Waals surface area contributed by atoms with Crippen LogP contribution in [0.15, 0.2) is 0 Å². The predicted molar refractivity (Wildman–Crippen MR) is 73.3 cm³/mol. The SMILES string of the molecule is CC(C)N(C)C(=O)[C@@H](C)N[C@@H]1CCCC[C@@H]1CO. The highest BCUT2D eigenvalue weighted by Crippen LogP contribution is 2.24. The Balaban J connectivity index is 2.52. The van der Waals surface area contributed by atoms with Gasteiger partial charge in [0.05, 0.1) is 6.04 Å². The molecule has 0 aromatic rings. The summed E-state index contributed by atoms with van der Waals surface area (Å²) in [6.45, 7) is 6.17. The maximum atomic E-state index is 12.2. The molecule has 106 valence electrons. The van der Waals surface area contributed by atoms with Crippen molar-refractivity contribution in [3.8, 4) is 0 Å². The molecule has 3 atom stereocenters. The van der Waals surface area contributed by atoms with Crippen LogP contribution in [0.4, 0.5) is 0 Å². The molecule has 0 saturated heterocycles. The Morgan fingerprint density at radius 2 is 1.94 bits per heavy atom. The lowest BCUT2D eigenvalue weighted by molar-refractivity contribution is -0.133. The highest BCUT2D eigenvalue weighted by molar-refractivity contribution is 5.81. The third kappa shape index (κ3) is 3.95. The summed E-state index contributed by atoms with van der Waals surface area (Å²) >= 11 is 0. The summed E-state index contributed by atoms with van der Waals surface area (Å²) in [7, 11) is 1.84. The summed E-state index contributed by atoms with van der Waals surface area (Å²) in [4.78, 5) is 13.9. The van der Waals surface area contributed by atoms with Gasteiger partial charge < -0.3 is 15.3 Å². The fraction of sp³-hybridized carbons (Fsp3) is 0.929. The number of nitrogens with one attached hydrogen (secondary N) is 1. The average molecular weight is 256 g/mol. The van der Waals surface area contributed by atoms with Crippen LogP contribution in [0.2, 0.25) is 0 Å². The van der Waals surface area contributed by atoms with Gasteiger partial charge >= 0.3 is 0 Å². The van der Waals surface area contributed by atoms with Crippen LogP contribution >= 0.6 is 0 Å². The Morgan fingerprint density at radius 1 is 1.33 bits per heavy atom. The summed E-state index contributed by atoms with van der Waals surface area (Å²) in [5, 5.41) is 12.8. The number of amides is 1. The Kier molecular flexibility index (Phi) is 6.09. The molecule has 0 unspecified atom stereocenters. The zero-order chi connectivity index (χ0) is 13.7. The van der Waals surface area contributed by atoms with E-state index < -0.39 is 0 Å². The molecule has 1 fully saturated rings. The molecule has 0 aromatic heterocycles. The normalized spacial score (nSPS) is 26.1. The first kappa shape index (κ1) is 15.4. The van der Waals surface area contributed by atoms with Gasteiger partial charge in [0.1, 0.15) is 0 Å². The second-order valence-corrected chi connectivity index (χ2v) is 5.76. The van der Waals surface area contributed by atoms with Gasteiger partial charge in [-0.1, -0.05) is 12.8 Å². The van der Waals surface area contributed by atoms with Gasteiger partial charge in [0.25, 0.3) is 0 Å². The summed E-state index contributed by atoms with van der Waals surface area (Å²) in [6, 6.07) is 0.333. The number of carbonyl (C=O) groups is 1. The lowest BCUT2D eigenvalue weighted by Gasteiger charge is -2.34. The molecule has 18 heavy (non-hydrogen) atoms. The molecule has 1 amide bonds. The zero-order valence-corrected chi connectivity index (χ0v) is 12.1. The van der Waals surface area contributed by atoms with Gasteiger partial charge in [-0.15, -0.1) is 0 Å². The van der Waals surface area contributed by atoms with Crippen molar-refractivity contribution in [3.05, 3.63) is 0 Å². The second-order valence-electron chi connectivity index (χ2n) is 5.76. The summed E-state index contributed by atoms with van der Waals surface area (Å²) in [6.07, 6.45) is 4.51. The number of hydrogen-bond acceptors (Lipinski definition) is 3. The third-order valence-corrected chi connectivity index (χ3v) is 4.10. The van der Waals surface area contributed by atoms with E-state index in [1.165, 1.54) is 12.8 Å². The second kappa shape index (κ2) is 7.10. The first-order valence-electron chi connectivity index (χ1n) is 7.11. The van der Waals surface area contributed by atoms with Gasteiger partial charge in [-0.2, -0.15) is 0 Å². The largest absolute Gasteiger partial charge is 0.396 e. The minimum Gasteiger partial charge on any atom is -0.396 e. The van der Waals surface area contributed by atoms with Crippen molar-refractivity contribution in [2.75, 3.05) is 13.7 Å². The molecule has 0 aliphatic heterocycles. The maximum absolute atomic E-state index is 12.2. The van der Waals surface area contributed by atoms with Crippen molar-refractivity contribution < 1.29 is 9.90 Å². The van der Waals surface area contributed by atoms with E-state index >= 15 is 0 Å². The fourth-order valence-electron chi connectivity index (χ4n) is 2.60. The van der Waals surface area contributed by atoms with E-state index in [1.807, 2.05) is 27.8 Å². The summed E-state index contributed by atoms with van der Waals surface area (Å²) in [5.74, 6) is 0.436. The van der Waals surface area contributed by atoms with Gasteiger partial charge in [-0.05, 0) is 39.5 Å². The van der Waals surface area contributed by atoms with Crippen LogP contribution in [0.5, 0.6) is 0 Å². The van der Waals surface area contributed by atoms with E-state index in [1.54, 1.807) is 4.90 Å². The molecule has 1 rings (SSSR count). The van der Waals surface area contributed by atoms with Crippen LogP contribution in [0.1, 0.15) is 46.5 Å². The summed E-state index contributed by atoms with van der Waals surface area (Å²) < 4.78 is 0. The van der Waals surface area contributed by atoms with Crippen LogP contribution in [-0.4, -0.2) is 47.7 Å². The predicted octanol–water partition coefficient (Wildman–Crippen LogP) is 1.38. The molecule has 2 N–H and O–H groups in total. The molecule has 0 radical (unpaired) electrons.